The largest absolute Gasteiger partial charge is 0.324 e. The van der Waals surface area contributed by atoms with Gasteiger partial charge in [-0.2, -0.15) is 0 Å². The van der Waals surface area contributed by atoms with E-state index < -0.39 is 0 Å². The van der Waals surface area contributed by atoms with Crippen LogP contribution in [0.25, 0.3) is 0 Å². The monoisotopic (exact) mass is 261 g/mol. The van der Waals surface area contributed by atoms with Crippen LogP contribution >= 0.6 is 0 Å². The zero-order valence-corrected chi connectivity index (χ0v) is 10.9. The Morgan fingerprint density at radius 3 is 2.68 bits per heavy atom. The zero-order chi connectivity index (χ0) is 13.8. The first-order valence-corrected chi connectivity index (χ1v) is 5.99. The normalized spacial score (nSPS) is 10.3. The second-order valence-corrected chi connectivity index (χ2v) is 4.01. The number of halogens is 1. The average molecular weight is 261 g/mol. The molecule has 1 aromatic heterocycles. The van der Waals surface area contributed by atoms with Gasteiger partial charge in [0, 0.05) is 12.1 Å². The summed E-state index contributed by atoms with van der Waals surface area (Å²) in [5.74, 6) is 6.27. The molecule has 0 unspecified atom stereocenters. The number of para-hydroxylation sites is 1. The molecule has 0 saturated carbocycles. The number of anilines is 3. The fourth-order valence-corrected chi connectivity index (χ4v) is 1.96. The summed E-state index contributed by atoms with van der Waals surface area (Å²) >= 11 is 0. The third-order valence-corrected chi connectivity index (χ3v) is 2.91. The molecule has 3 N–H and O–H groups in total. The lowest BCUT2D eigenvalue weighted by atomic mass is 10.2. The van der Waals surface area contributed by atoms with Gasteiger partial charge in [-0.15, -0.1) is 0 Å². The van der Waals surface area contributed by atoms with Crippen molar-refractivity contribution in [2.45, 2.75) is 13.8 Å². The summed E-state index contributed by atoms with van der Waals surface area (Å²) in [6.45, 7) is 4.36. The van der Waals surface area contributed by atoms with Crippen molar-refractivity contribution in [1.29, 1.82) is 0 Å². The highest BCUT2D eigenvalue weighted by Crippen LogP contribution is 2.29. The molecule has 6 heteroatoms. The molecule has 0 saturated heterocycles. The number of nitrogens with two attached hydrogens (primary N) is 1. The van der Waals surface area contributed by atoms with Crippen LogP contribution in [0.15, 0.2) is 30.6 Å². The number of hydrogen-bond acceptors (Lipinski definition) is 5. The van der Waals surface area contributed by atoms with E-state index in [1.807, 2.05) is 13.8 Å². The molecule has 0 fully saturated rings. The lowest BCUT2D eigenvalue weighted by molar-refractivity contribution is 0.625. The van der Waals surface area contributed by atoms with Gasteiger partial charge in [0.05, 0.1) is 5.69 Å². The number of hydrazine groups is 1. The Hall–Kier alpha value is -2.21. The van der Waals surface area contributed by atoms with Gasteiger partial charge in [0.2, 0.25) is 0 Å². The lowest BCUT2D eigenvalue weighted by Crippen LogP contribution is -2.21. The Labute approximate surface area is 111 Å². The van der Waals surface area contributed by atoms with Gasteiger partial charge in [-0.3, -0.25) is 0 Å². The van der Waals surface area contributed by atoms with E-state index in [9.17, 15) is 4.39 Å². The molecular weight excluding hydrogens is 245 g/mol. The van der Waals surface area contributed by atoms with Gasteiger partial charge in [0.1, 0.15) is 23.8 Å². The Morgan fingerprint density at radius 2 is 2.05 bits per heavy atom. The van der Waals surface area contributed by atoms with Crippen molar-refractivity contribution in [3.05, 3.63) is 42.0 Å². The van der Waals surface area contributed by atoms with E-state index in [4.69, 9.17) is 5.84 Å². The first kappa shape index (κ1) is 13.2. The van der Waals surface area contributed by atoms with Gasteiger partial charge in [-0.1, -0.05) is 12.1 Å². The van der Waals surface area contributed by atoms with Crippen LogP contribution in [0.1, 0.15) is 12.5 Å². The Bertz CT molecular complexity index is 573. The molecule has 100 valence electrons. The number of nitrogen functional groups attached to an aromatic ring is 1. The highest BCUT2D eigenvalue weighted by Gasteiger charge is 2.16. The summed E-state index contributed by atoms with van der Waals surface area (Å²) in [7, 11) is 0. The predicted octanol–water partition coefficient (Wildman–Crippen LogP) is 2.37. The Kier molecular flexibility index (Phi) is 3.91. The van der Waals surface area contributed by atoms with Gasteiger partial charge in [0.15, 0.2) is 0 Å². The fraction of sp³-hybridized carbons (Fsp3) is 0.231. The number of rotatable bonds is 4. The van der Waals surface area contributed by atoms with Crippen LogP contribution < -0.4 is 16.2 Å². The molecular formula is C13H16FN5. The van der Waals surface area contributed by atoms with Crippen molar-refractivity contribution < 1.29 is 4.39 Å². The Balaban J connectivity index is 2.52. The smallest absolute Gasteiger partial charge is 0.148 e. The molecule has 1 aromatic carbocycles. The highest BCUT2D eigenvalue weighted by molar-refractivity contribution is 5.67. The number of benzene rings is 1. The Morgan fingerprint density at radius 1 is 1.32 bits per heavy atom. The maximum atomic E-state index is 13.9. The van der Waals surface area contributed by atoms with Crippen molar-refractivity contribution >= 4 is 17.3 Å². The molecule has 0 spiro atoms. The number of nitrogens with one attached hydrogen (secondary N) is 1. The first-order chi connectivity index (χ1) is 9.19. The zero-order valence-electron chi connectivity index (χ0n) is 10.9. The van der Waals surface area contributed by atoms with Crippen LogP contribution in [-0.4, -0.2) is 16.5 Å². The molecule has 0 aliphatic heterocycles. The van der Waals surface area contributed by atoms with Crippen LogP contribution in [-0.2, 0) is 0 Å². The minimum absolute atomic E-state index is 0.287. The third-order valence-electron chi connectivity index (χ3n) is 2.91. The van der Waals surface area contributed by atoms with Crippen LogP contribution in [0.2, 0.25) is 0 Å². The maximum absolute atomic E-state index is 13.9. The molecule has 19 heavy (non-hydrogen) atoms. The van der Waals surface area contributed by atoms with Crippen LogP contribution in [0.4, 0.5) is 21.7 Å². The second kappa shape index (κ2) is 5.62. The van der Waals surface area contributed by atoms with E-state index in [1.165, 1.54) is 12.4 Å². The van der Waals surface area contributed by atoms with E-state index in [0.29, 0.717) is 23.9 Å². The molecule has 5 nitrogen and oxygen atoms in total. The van der Waals surface area contributed by atoms with Crippen molar-refractivity contribution in [2.24, 2.45) is 5.84 Å². The molecule has 0 amide bonds. The van der Waals surface area contributed by atoms with E-state index >= 15 is 0 Å². The summed E-state index contributed by atoms with van der Waals surface area (Å²) in [5, 5.41) is 0. The number of nitrogens with zero attached hydrogens (tertiary/aromatic N) is 3. The third kappa shape index (κ3) is 2.48. The molecule has 2 rings (SSSR count). The van der Waals surface area contributed by atoms with Gasteiger partial charge >= 0.3 is 0 Å². The topological polar surface area (TPSA) is 67.1 Å². The van der Waals surface area contributed by atoms with Crippen molar-refractivity contribution in [1.82, 2.24) is 9.97 Å². The van der Waals surface area contributed by atoms with Gasteiger partial charge in [-0.05, 0) is 26.0 Å². The van der Waals surface area contributed by atoms with Gasteiger partial charge < -0.3 is 10.3 Å². The second-order valence-electron chi connectivity index (χ2n) is 4.01. The molecule has 1 heterocycles. The minimum Gasteiger partial charge on any atom is -0.324 e. The summed E-state index contributed by atoms with van der Waals surface area (Å²) in [6.07, 6.45) is 1.40. The molecule has 0 radical (unpaired) electrons. The van der Waals surface area contributed by atoms with E-state index in [0.717, 1.165) is 5.56 Å². The van der Waals surface area contributed by atoms with Crippen LogP contribution in [0, 0.1) is 12.7 Å². The fourth-order valence-electron chi connectivity index (χ4n) is 1.96. The standard InChI is InChI=1S/C13H16FN5/c1-3-19(11-7-5-4-6-10(11)14)13-9(2)12(18-15)16-8-17-13/h4-8H,3,15H2,1-2H3,(H,16,17,18). The van der Waals surface area contributed by atoms with E-state index in [-0.39, 0.29) is 5.82 Å². The maximum Gasteiger partial charge on any atom is 0.148 e. The molecule has 0 aliphatic carbocycles. The molecule has 0 bridgehead atoms. The van der Waals surface area contributed by atoms with Crippen molar-refractivity contribution in [3.8, 4) is 0 Å². The SMILES string of the molecule is CCN(c1ccccc1F)c1ncnc(NN)c1C. The summed E-state index contributed by atoms with van der Waals surface area (Å²) in [4.78, 5) is 10.0. The predicted molar refractivity (Wildman–Crippen MR) is 73.7 cm³/mol. The quantitative estimate of drug-likeness (QED) is 0.653. The molecule has 0 aliphatic rings. The first-order valence-electron chi connectivity index (χ1n) is 5.99. The molecule has 2 aromatic rings. The van der Waals surface area contributed by atoms with E-state index in [1.54, 1.807) is 23.1 Å². The highest BCUT2D eigenvalue weighted by atomic mass is 19.1. The summed E-state index contributed by atoms with van der Waals surface area (Å²) in [5.41, 5.74) is 3.76. The average Bonchev–Trinajstić information content (AvgIpc) is 2.43. The van der Waals surface area contributed by atoms with Crippen LogP contribution in [0.3, 0.4) is 0 Å². The van der Waals surface area contributed by atoms with Crippen molar-refractivity contribution in [3.63, 3.8) is 0 Å². The lowest BCUT2D eigenvalue weighted by Gasteiger charge is -2.24. The summed E-state index contributed by atoms with van der Waals surface area (Å²) in [6, 6.07) is 6.60. The number of hydrogen-bond donors (Lipinski definition) is 2. The van der Waals surface area contributed by atoms with Gasteiger partial charge in [0.25, 0.3) is 0 Å². The van der Waals surface area contributed by atoms with E-state index in [2.05, 4.69) is 15.4 Å². The number of aromatic nitrogens is 2. The van der Waals surface area contributed by atoms with Crippen molar-refractivity contribution in [2.75, 3.05) is 16.9 Å². The molecule has 0 atom stereocenters. The minimum atomic E-state index is -0.287. The summed E-state index contributed by atoms with van der Waals surface area (Å²) < 4.78 is 13.9. The van der Waals surface area contributed by atoms with Gasteiger partial charge in [-0.25, -0.2) is 20.2 Å². The van der Waals surface area contributed by atoms with Crippen LogP contribution in [0.5, 0.6) is 0 Å².